The second-order valence-electron chi connectivity index (χ2n) is 4.20. The number of hydrogen-bond donors (Lipinski definition) is 1. The number of nitrogens with zero attached hydrogens (tertiary/aromatic N) is 1. The Morgan fingerprint density at radius 1 is 1.32 bits per heavy atom. The Hall–Kier alpha value is -2.69. The molecule has 0 radical (unpaired) electrons. The van der Waals surface area contributed by atoms with E-state index in [4.69, 9.17) is 4.42 Å². The fraction of sp³-hybridized carbons (Fsp3) is 0.0714. The molecule has 0 aliphatic carbocycles. The van der Waals surface area contributed by atoms with Crippen molar-refractivity contribution in [2.24, 2.45) is 0 Å². The molecule has 0 spiro atoms. The lowest BCUT2D eigenvalue weighted by molar-refractivity contribution is 0.111. The van der Waals surface area contributed by atoms with Crippen LogP contribution in [0.4, 0.5) is 0 Å². The van der Waals surface area contributed by atoms with E-state index in [1.54, 1.807) is 30.7 Å². The third-order valence-corrected chi connectivity index (χ3v) is 2.87. The van der Waals surface area contributed by atoms with Crippen LogP contribution in [0.15, 0.2) is 45.9 Å². The highest BCUT2D eigenvalue weighted by Crippen LogP contribution is 2.21. The Bertz CT molecular complexity index is 781. The molecule has 0 saturated heterocycles. The maximum atomic E-state index is 11.0. The lowest BCUT2D eigenvalue weighted by Crippen LogP contribution is -2.03. The van der Waals surface area contributed by atoms with Gasteiger partial charge >= 0.3 is 0 Å². The van der Waals surface area contributed by atoms with E-state index in [0.29, 0.717) is 29.5 Å². The maximum absolute atomic E-state index is 11.0. The highest BCUT2D eigenvalue weighted by Gasteiger charge is 2.09. The molecule has 5 heteroatoms. The monoisotopic (exact) mass is 254 g/mol. The van der Waals surface area contributed by atoms with E-state index in [9.17, 15) is 9.59 Å². The molecule has 0 aliphatic rings. The summed E-state index contributed by atoms with van der Waals surface area (Å²) in [6.07, 6.45) is 4.47. The molecule has 5 nitrogen and oxygen atoms in total. The van der Waals surface area contributed by atoms with Crippen LogP contribution in [0.1, 0.15) is 21.6 Å². The van der Waals surface area contributed by atoms with Crippen LogP contribution >= 0.6 is 0 Å². The topological polar surface area (TPSA) is 76.0 Å². The van der Waals surface area contributed by atoms with Crippen LogP contribution in [0.3, 0.4) is 0 Å². The minimum Gasteiger partial charge on any atom is -0.462 e. The fourth-order valence-electron chi connectivity index (χ4n) is 2.01. The van der Waals surface area contributed by atoms with E-state index in [0.717, 1.165) is 11.1 Å². The molecule has 0 atom stereocenters. The second-order valence-corrected chi connectivity index (χ2v) is 4.20. The van der Waals surface area contributed by atoms with Crippen molar-refractivity contribution < 1.29 is 9.21 Å². The number of hydrogen-bond acceptors (Lipinski definition) is 4. The van der Waals surface area contributed by atoms with Crippen LogP contribution in [0.5, 0.6) is 0 Å². The molecule has 94 valence electrons. The number of aldehydes is 1. The van der Waals surface area contributed by atoms with Gasteiger partial charge in [-0.15, -0.1) is 0 Å². The highest BCUT2D eigenvalue weighted by molar-refractivity contribution is 5.82. The van der Waals surface area contributed by atoms with E-state index in [2.05, 4.69) is 9.97 Å². The number of aromatic nitrogens is 2. The lowest BCUT2D eigenvalue weighted by atomic mass is 10.1. The third kappa shape index (κ3) is 2.18. The molecule has 19 heavy (non-hydrogen) atoms. The molecule has 1 N–H and O–H groups in total. The number of carbonyl (C=O) groups excluding carboxylic acids is 1. The number of pyridine rings is 2. The molecule has 0 unspecified atom stereocenters. The van der Waals surface area contributed by atoms with Crippen LogP contribution in [-0.2, 0) is 6.42 Å². The molecule has 3 rings (SSSR count). The Balaban J connectivity index is 2.08. The van der Waals surface area contributed by atoms with Crippen LogP contribution in [-0.4, -0.2) is 16.3 Å². The Labute approximate surface area is 107 Å². The van der Waals surface area contributed by atoms with Crippen LogP contribution < -0.4 is 5.56 Å². The van der Waals surface area contributed by atoms with Crippen molar-refractivity contribution in [3.05, 3.63) is 63.9 Å². The standard InChI is InChI=1S/C14H10N2O3/c17-8-11-6-10(14-12(16-11)3-4-19-14)5-9-1-2-13(18)15-7-9/h1-4,6-8H,5H2,(H,15,18). The van der Waals surface area contributed by atoms with Crippen molar-refractivity contribution in [2.45, 2.75) is 6.42 Å². The summed E-state index contributed by atoms with van der Waals surface area (Å²) < 4.78 is 5.39. The first-order valence-electron chi connectivity index (χ1n) is 5.76. The molecule has 0 aliphatic heterocycles. The SMILES string of the molecule is O=Cc1cc(Cc2ccc(=O)[nH]c2)c2occc2n1. The predicted molar refractivity (Wildman–Crippen MR) is 69.3 cm³/mol. The van der Waals surface area contributed by atoms with Gasteiger partial charge in [-0.1, -0.05) is 6.07 Å². The second kappa shape index (κ2) is 4.53. The quantitative estimate of drug-likeness (QED) is 0.724. The van der Waals surface area contributed by atoms with Crippen LogP contribution in [0.25, 0.3) is 11.1 Å². The summed E-state index contributed by atoms with van der Waals surface area (Å²) in [5.74, 6) is 0. The average molecular weight is 254 g/mol. The number of nitrogens with one attached hydrogen (secondary N) is 1. The van der Waals surface area contributed by atoms with Gasteiger partial charge in [-0.3, -0.25) is 9.59 Å². The first-order valence-corrected chi connectivity index (χ1v) is 5.76. The van der Waals surface area contributed by atoms with Crippen molar-refractivity contribution in [3.8, 4) is 0 Å². The minimum absolute atomic E-state index is 0.143. The van der Waals surface area contributed by atoms with Crippen LogP contribution in [0.2, 0.25) is 0 Å². The predicted octanol–water partition coefficient (Wildman–Crippen LogP) is 1.92. The van der Waals surface area contributed by atoms with Gasteiger partial charge in [0.2, 0.25) is 5.56 Å². The van der Waals surface area contributed by atoms with Crippen molar-refractivity contribution in [3.63, 3.8) is 0 Å². The maximum Gasteiger partial charge on any atom is 0.247 e. The van der Waals surface area contributed by atoms with Crippen molar-refractivity contribution in [1.82, 2.24) is 9.97 Å². The molecular formula is C14H10N2O3. The largest absolute Gasteiger partial charge is 0.462 e. The van der Waals surface area contributed by atoms with Crippen molar-refractivity contribution in [1.29, 1.82) is 0 Å². The Morgan fingerprint density at radius 3 is 2.95 bits per heavy atom. The van der Waals surface area contributed by atoms with E-state index < -0.39 is 0 Å². The molecule has 0 bridgehead atoms. The molecule has 3 aromatic heterocycles. The normalized spacial score (nSPS) is 10.7. The van der Waals surface area contributed by atoms with Gasteiger partial charge in [0, 0.05) is 30.3 Å². The zero-order valence-electron chi connectivity index (χ0n) is 9.92. The van der Waals surface area contributed by atoms with Gasteiger partial charge < -0.3 is 9.40 Å². The van der Waals surface area contributed by atoms with Gasteiger partial charge in [-0.2, -0.15) is 0 Å². The molecule has 0 amide bonds. The van der Waals surface area contributed by atoms with Crippen LogP contribution in [0, 0.1) is 0 Å². The number of rotatable bonds is 3. The summed E-state index contributed by atoms with van der Waals surface area (Å²) >= 11 is 0. The minimum atomic E-state index is -0.143. The molecule has 3 heterocycles. The first-order chi connectivity index (χ1) is 9.26. The van der Waals surface area contributed by atoms with E-state index >= 15 is 0 Å². The van der Waals surface area contributed by atoms with Gasteiger partial charge in [0.15, 0.2) is 11.9 Å². The zero-order chi connectivity index (χ0) is 13.2. The smallest absolute Gasteiger partial charge is 0.247 e. The summed E-state index contributed by atoms with van der Waals surface area (Å²) in [6.45, 7) is 0. The summed E-state index contributed by atoms with van der Waals surface area (Å²) in [5.41, 5.74) is 3.34. The van der Waals surface area contributed by atoms with Gasteiger partial charge in [-0.25, -0.2) is 4.98 Å². The lowest BCUT2D eigenvalue weighted by Gasteiger charge is -2.03. The first kappa shape index (κ1) is 11.4. The molecule has 3 aromatic rings. The van der Waals surface area contributed by atoms with Crippen molar-refractivity contribution in [2.75, 3.05) is 0 Å². The van der Waals surface area contributed by atoms with Gasteiger partial charge in [0.25, 0.3) is 0 Å². The number of furan rings is 1. The molecule has 0 aromatic carbocycles. The fourth-order valence-corrected chi connectivity index (χ4v) is 2.01. The summed E-state index contributed by atoms with van der Waals surface area (Å²) in [7, 11) is 0. The number of H-pyrrole nitrogens is 1. The third-order valence-electron chi connectivity index (χ3n) is 2.87. The van der Waals surface area contributed by atoms with E-state index in [1.165, 1.54) is 6.07 Å². The van der Waals surface area contributed by atoms with Gasteiger partial charge in [0.05, 0.1) is 6.26 Å². The molecular weight excluding hydrogens is 244 g/mol. The number of fused-ring (bicyclic) bond motifs is 1. The van der Waals surface area contributed by atoms with Gasteiger partial charge in [0.1, 0.15) is 11.2 Å². The Morgan fingerprint density at radius 2 is 2.21 bits per heavy atom. The number of carbonyl (C=O) groups is 1. The highest BCUT2D eigenvalue weighted by atomic mass is 16.3. The summed E-state index contributed by atoms with van der Waals surface area (Å²) in [6, 6.07) is 6.63. The number of aromatic amines is 1. The zero-order valence-corrected chi connectivity index (χ0v) is 9.92. The van der Waals surface area contributed by atoms with Gasteiger partial charge in [-0.05, 0) is 11.6 Å². The van der Waals surface area contributed by atoms with Crippen molar-refractivity contribution >= 4 is 17.4 Å². The van der Waals surface area contributed by atoms with E-state index in [-0.39, 0.29) is 5.56 Å². The molecule has 0 fully saturated rings. The summed E-state index contributed by atoms with van der Waals surface area (Å²) in [4.78, 5) is 28.7. The molecule has 0 saturated carbocycles. The Kier molecular flexibility index (Phi) is 2.72. The summed E-state index contributed by atoms with van der Waals surface area (Å²) in [5, 5.41) is 0. The van der Waals surface area contributed by atoms with E-state index in [1.807, 2.05) is 0 Å². The average Bonchev–Trinajstić information content (AvgIpc) is 2.89.